The van der Waals surface area contributed by atoms with Gasteiger partial charge in [-0.3, -0.25) is 4.79 Å². The van der Waals surface area contributed by atoms with Crippen LogP contribution in [0.2, 0.25) is 5.02 Å². The van der Waals surface area contributed by atoms with E-state index in [-0.39, 0.29) is 12.5 Å². The van der Waals surface area contributed by atoms with E-state index < -0.39 is 0 Å². The van der Waals surface area contributed by atoms with Gasteiger partial charge in [0.15, 0.2) is 0 Å². The molecule has 2 aromatic heterocycles. The molecule has 0 unspecified atom stereocenters. The molecule has 5 nitrogen and oxygen atoms in total. The number of carbonyl (C=O) groups excluding carboxylic acids is 1. The lowest BCUT2D eigenvalue weighted by Gasteiger charge is -2.09. The minimum absolute atomic E-state index is 0.101. The van der Waals surface area contributed by atoms with E-state index in [0.717, 1.165) is 27.9 Å². The molecule has 1 aromatic carbocycles. The Balaban J connectivity index is 2.10. The second-order valence-electron chi connectivity index (χ2n) is 5.78. The first kappa shape index (κ1) is 17.2. The fourth-order valence-corrected chi connectivity index (χ4v) is 2.96. The fourth-order valence-electron chi connectivity index (χ4n) is 2.72. The molecule has 3 rings (SSSR count). The number of benzene rings is 1. The van der Waals surface area contributed by atoms with Gasteiger partial charge in [-0.2, -0.15) is 0 Å². The summed E-state index contributed by atoms with van der Waals surface area (Å²) in [6.45, 7) is 3.28. The van der Waals surface area contributed by atoms with Crippen molar-refractivity contribution in [3.8, 4) is 16.8 Å². The molecule has 1 amide bonds. The molecule has 0 aliphatic heterocycles. The Bertz CT molecular complexity index is 934. The van der Waals surface area contributed by atoms with E-state index in [1.807, 2.05) is 48.1 Å². The number of hydrogen-bond acceptors (Lipinski definition) is 3. The van der Waals surface area contributed by atoms with E-state index in [4.69, 9.17) is 11.6 Å². The molecule has 128 valence electrons. The number of aryl methyl sites for hydroxylation is 1. The Morgan fingerprint density at radius 1 is 1.28 bits per heavy atom. The summed E-state index contributed by atoms with van der Waals surface area (Å²) in [6, 6.07) is 9.32. The van der Waals surface area contributed by atoms with Gasteiger partial charge in [-0.05, 0) is 18.6 Å². The van der Waals surface area contributed by atoms with E-state index in [2.05, 4.69) is 10.3 Å². The number of pyridine rings is 1. The standard InChI is InChI=1S/C19H18ClN3O2/c1-12-8-21-19(22-13(2)25)7-18(12)23-9-14(11-24)16(10-23)15-5-3-4-6-17(15)20/h3-10,24H,11H2,1-2H3,(H,21,22,25). The molecule has 0 radical (unpaired) electrons. The Kier molecular flexibility index (Phi) is 4.88. The Labute approximate surface area is 150 Å². The van der Waals surface area contributed by atoms with Crippen molar-refractivity contribution in [3.05, 3.63) is 65.1 Å². The molecule has 0 bridgehead atoms. The molecule has 0 spiro atoms. The molecule has 2 heterocycles. The summed E-state index contributed by atoms with van der Waals surface area (Å²) in [4.78, 5) is 15.5. The monoisotopic (exact) mass is 355 g/mol. The molecule has 0 fully saturated rings. The lowest BCUT2D eigenvalue weighted by Crippen LogP contribution is -2.08. The third-order valence-corrected chi connectivity index (χ3v) is 4.23. The van der Waals surface area contributed by atoms with Crippen molar-refractivity contribution < 1.29 is 9.90 Å². The van der Waals surface area contributed by atoms with Crippen LogP contribution in [0, 0.1) is 6.92 Å². The van der Waals surface area contributed by atoms with Crippen molar-refractivity contribution in [2.75, 3.05) is 5.32 Å². The van der Waals surface area contributed by atoms with Gasteiger partial charge in [0.2, 0.25) is 5.91 Å². The molecule has 0 saturated heterocycles. The van der Waals surface area contributed by atoms with Crippen molar-refractivity contribution >= 4 is 23.3 Å². The van der Waals surface area contributed by atoms with Gasteiger partial charge in [0.1, 0.15) is 5.82 Å². The van der Waals surface area contributed by atoms with Gasteiger partial charge < -0.3 is 15.0 Å². The predicted octanol–water partition coefficient (Wildman–Crippen LogP) is 3.95. The van der Waals surface area contributed by atoms with Crippen LogP contribution >= 0.6 is 11.6 Å². The van der Waals surface area contributed by atoms with Crippen LogP contribution in [0.15, 0.2) is 48.9 Å². The normalized spacial score (nSPS) is 10.7. The summed E-state index contributed by atoms with van der Waals surface area (Å²) in [5, 5.41) is 13.1. The minimum Gasteiger partial charge on any atom is -0.392 e. The molecule has 2 N–H and O–H groups in total. The lowest BCUT2D eigenvalue weighted by atomic mass is 10.1. The SMILES string of the molecule is CC(=O)Nc1cc(-n2cc(CO)c(-c3ccccc3Cl)c2)c(C)cn1. The van der Waals surface area contributed by atoms with Crippen molar-refractivity contribution in [2.24, 2.45) is 0 Å². The van der Waals surface area contributed by atoms with E-state index in [0.29, 0.717) is 10.8 Å². The Morgan fingerprint density at radius 2 is 2.04 bits per heavy atom. The first-order chi connectivity index (χ1) is 12.0. The first-order valence-electron chi connectivity index (χ1n) is 7.81. The highest BCUT2D eigenvalue weighted by atomic mass is 35.5. The molecule has 25 heavy (non-hydrogen) atoms. The Hall–Kier alpha value is -2.63. The average Bonchev–Trinajstić information content (AvgIpc) is 3.00. The van der Waals surface area contributed by atoms with Gasteiger partial charge in [-0.1, -0.05) is 29.8 Å². The van der Waals surface area contributed by atoms with Gasteiger partial charge in [-0.25, -0.2) is 4.98 Å². The van der Waals surface area contributed by atoms with E-state index in [9.17, 15) is 9.90 Å². The van der Waals surface area contributed by atoms with Crippen molar-refractivity contribution in [1.82, 2.24) is 9.55 Å². The van der Waals surface area contributed by atoms with Gasteiger partial charge in [0, 0.05) is 53.3 Å². The van der Waals surface area contributed by atoms with E-state index >= 15 is 0 Å². The number of aromatic nitrogens is 2. The van der Waals surface area contributed by atoms with Crippen LogP contribution < -0.4 is 5.32 Å². The number of anilines is 1. The molecule has 0 atom stereocenters. The average molecular weight is 356 g/mol. The van der Waals surface area contributed by atoms with Crippen LogP contribution in [0.25, 0.3) is 16.8 Å². The quantitative estimate of drug-likeness (QED) is 0.744. The zero-order valence-electron chi connectivity index (χ0n) is 14.0. The van der Waals surface area contributed by atoms with E-state index in [1.165, 1.54) is 6.92 Å². The van der Waals surface area contributed by atoms with Crippen LogP contribution in [0.5, 0.6) is 0 Å². The number of carbonyl (C=O) groups is 1. The summed E-state index contributed by atoms with van der Waals surface area (Å²) >= 11 is 6.31. The molecule has 0 saturated carbocycles. The van der Waals surface area contributed by atoms with Gasteiger partial charge in [0.25, 0.3) is 0 Å². The molecular formula is C19H18ClN3O2. The van der Waals surface area contributed by atoms with Crippen LogP contribution in [-0.2, 0) is 11.4 Å². The zero-order chi connectivity index (χ0) is 18.0. The largest absolute Gasteiger partial charge is 0.392 e. The number of rotatable bonds is 4. The van der Waals surface area contributed by atoms with Gasteiger partial charge in [-0.15, -0.1) is 0 Å². The summed E-state index contributed by atoms with van der Waals surface area (Å²) in [7, 11) is 0. The third kappa shape index (κ3) is 3.57. The lowest BCUT2D eigenvalue weighted by molar-refractivity contribution is -0.114. The second-order valence-corrected chi connectivity index (χ2v) is 6.19. The number of hydrogen-bond donors (Lipinski definition) is 2. The summed E-state index contributed by atoms with van der Waals surface area (Å²) in [5.74, 6) is 0.300. The predicted molar refractivity (Wildman–Crippen MR) is 99.0 cm³/mol. The zero-order valence-corrected chi connectivity index (χ0v) is 14.7. The summed E-state index contributed by atoms with van der Waals surface area (Å²) < 4.78 is 1.91. The highest BCUT2D eigenvalue weighted by Crippen LogP contribution is 2.32. The van der Waals surface area contributed by atoms with Crippen molar-refractivity contribution in [3.63, 3.8) is 0 Å². The number of nitrogens with zero attached hydrogens (tertiary/aromatic N) is 2. The maximum Gasteiger partial charge on any atom is 0.222 e. The summed E-state index contributed by atoms with van der Waals surface area (Å²) in [6.07, 6.45) is 5.49. The third-order valence-electron chi connectivity index (χ3n) is 3.90. The number of amides is 1. The molecule has 0 aliphatic rings. The first-order valence-corrected chi connectivity index (χ1v) is 8.18. The second kappa shape index (κ2) is 7.09. The summed E-state index contributed by atoms with van der Waals surface area (Å²) in [5.41, 5.74) is 4.31. The van der Waals surface area contributed by atoms with Crippen LogP contribution in [0.3, 0.4) is 0 Å². The van der Waals surface area contributed by atoms with Gasteiger partial charge >= 0.3 is 0 Å². The minimum atomic E-state index is -0.178. The molecular weight excluding hydrogens is 338 g/mol. The number of nitrogens with one attached hydrogen (secondary N) is 1. The molecule has 3 aromatic rings. The van der Waals surface area contributed by atoms with Gasteiger partial charge in [0.05, 0.1) is 12.3 Å². The van der Waals surface area contributed by atoms with Crippen LogP contribution in [0.1, 0.15) is 18.1 Å². The maximum atomic E-state index is 11.3. The van der Waals surface area contributed by atoms with Crippen molar-refractivity contribution in [1.29, 1.82) is 0 Å². The maximum absolute atomic E-state index is 11.3. The number of aliphatic hydroxyl groups is 1. The molecule has 6 heteroatoms. The topological polar surface area (TPSA) is 67.2 Å². The highest BCUT2D eigenvalue weighted by molar-refractivity contribution is 6.33. The molecule has 0 aliphatic carbocycles. The Morgan fingerprint density at radius 3 is 2.72 bits per heavy atom. The van der Waals surface area contributed by atoms with Crippen LogP contribution in [-0.4, -0.2) is 20.6 Å². The van der Waals surface area contributed by atoms with Crippen molar-refractivity contribution in [2.45, 2.75) is 20.5 Å². The highest BCUT2D eigenvalue weighted by Gasteiger charge is 2.13. The fraction of sp³-hybridized carbons (Fsp3) is 0.158. The van der Waals surface area contributed by atoms with Crippen LogP contribution in [0.4, 0.5) is 5.82 Å². The number of halogens is 1. The smallest absolute Gasteiger partial charge is 0.222 e. The van der Waals surface area contributed by atoms with E-state index in [1.54, 1.807) is 12.3 Å². The number of aliphatic hydroxyl groups excluding tert-OH is 1.